The number of ether oxygens (including phenoxy) is 16. The lowest BCUT2D eigenvalue weighted by Gasteiger charge is -2.64. The van der Waals surface area contributed by atoms with Gasteiger partial charge in [-0.1, -0.05) is 31.6 Å². The molecule has 1 unspecified atom stereocenters. The SMILES string of the molecule is C/C=C(\C)C(=O)O[C@@H]1[C@@H](OC(C)=O)[C@H]2C(CC=C3C[C@@H](O[C@H]4C[C@H](OC)[C@H](O[C@H]5C[C@H](OC)[C@H](O[C@H]6C[C@H](OC)[C@H](O[C@@H]7O[C@H](C)[C@@H](O[C@@H]8O[C@H](CO)[C@@H](O)[C@H](O)[C@H]8O)[C@H](OC)[C@H]7O)[C@@H](C)O6)[C@@H](C)O5)[C@@H](C)O4)CC[C@@]32C)[C@@]2(O)CC[C@H](C(C)=O)[C@@]12C. The Balaban J connectivity index is 0.792. The van der Waals surface area contributed by atoms with Crippen LogP contribution in [0.2, 0.25) is 0 Å². The van der Waals surface area contributed by atoms with Crippen LogP contribution in [0.3, 0.4) is 0 Å². The highest BCUT2D eigenvalue weighted by Crippen LogP contribution is 2.69. The predicted molar refractivity (Wildman–Crippen MR) is 301 cm³/mol. The molecule has 25 nitrogen and oxygen atoms in total. The second-order valence-corrected chi connectivity index (χ2v) is 26.1. The normalized spacial score (nSPS) is 49.4. The zero-order valence-electron chi connectivity index (χ0n) is 52.8. The summed E-state index contributed by atoms with van der Waals surface area (Å²) in [6, 6.07) is 0. The Kier molecular flexibility index (Phi) is 22.0. The lowest BCUT2D eigenvalue weighted by molar-refractivity contribution is -0.374. The molecule has 5 saturated heterocycles. The Hall–Kier alpha value is -2.71. The van der Waals surface area contributed by atoms with Gasteiger partial charge >= 0.3 is 11.9 Å². The van der Waals surface area contributed by atoms with Gasteiger partial charge in [0.25, 0.3) is 0 Å². The summed E-state index contributed by atoms with van der Waals surface area (Å²) >= 11 is 0. The van der Waals surface area contributed by atoms with Crippen molar-refractivity contribution in [2.45, 2.75) is 286 Å². The number of Topliss-reactive ketones (excluding diaryl/α,β-unsaturated/α-hetero) is 1. The molecule has 9 rings (SSSR count). The summed E-state index contributed by atoms with van der Waals surface area (Å²) in [6.07, 6.45) is -15.1. The van der Waals surface area contributed by atoms with Crippen LogP contribution in [0.5, 0.6) is 0 Å². The molecule has 5 heterocycles. The lowest BCUT2D eigenvalue weighted by atomic mass is 9.44. The van der Waals surface area contributed by atoms with Crippen LogP contribution in [0.4, 0.5) is 0 Å². The maximum Gasteiger partial charge on any atom is 0.333 e. The van der Waals surface area contributed by atoms with Crippen LogP contribution in [-0.4, -0.2) is 243 Å². The van der Waals surface area contributed by atoms with Crippen molar-refractivity contribution < 1.29 is 121 Å². The van der Waals surface area contributed by atoms with E-state index < -0.39 is 194 Å². The number of carbonyl (C=O) groups is 3. The molecule has 3 saturated carbocycles. The maximum atomic E-state index is 13.7. The molecule has 87 heavy (non-hydrogen) atoms. The van der Waals surface area contributed by atoms with Gasteiger partial charge in [-0.2, -0.15) is 0 Å². The van der Waals surface area contributed by atoms with Gasteiger partial charge in [0.05, 0.1) is 61.0 Å². The zero-order chi connectivity index (χ0) is 63.4. The molecule has 9 aliphatic rings. The molecule has 0 aromatic carbocycles. The van der Waals surface area contributed by atoms with Crippen LogP contribution in [-0.2, 0) is 90.2 Å². The summed E-state index contributed by atoms with van der Waals surface area (Å²) in [5, 5.41) is 65.6. The molecule has 0 aromatic rings. The van der Waals surface area contributed by atoms with Crippen LogP contribution in [0.15, 0.2) is 23.3 Å². The van der Waals surface area contributed by atoms with Gasteiger partial charge in [0, 0.05) is 77.4 Å². The van der Waals surface area contributed by atoms with Gasteiger partial charge in [0.2, 0.25) is 0 Å². The Labute approximate surface area is 510 Å². The fraction of sp³-hybridized carbons (Fsp3) is 0.887. The smallest absolute Gasteiger partial charge is 0.333 e. The molecule has 4 aliphatic carbocycles. The fourth-order valence-electron chi connectivity index (χ4n) is 16.4. The molecule has 31 atom stereocenters. The minimum absolute atomic E-state index is 0.107. The molecule has 0 amide bonds. The minimum atomic E-state index is -1.68. The van der Waals surface area contributed by atoms with Gasteiger partial charge in [0.1, 0.15) is 79.0 Å². The summed E-state index contributed by atoms with van der Waals surface area (Å²) in [4.78, 5) is 40.2. The second-order valence-electron chi connectivity index (χ2n) is 26.1. The molecule has 0 aromatic heterocycles. The average molecular weight is 1240 g/mol. The summed E-state index contributed by atoms with van der Waals surface area (Å²) in [5.74, 6) is -2.67. The van der Waals surface area contributed by atoms with Gasteiger partial charge in [-0.25, -0.2) is 4.79 Å². The summed E-state index contributed by atoms with van der Waals surface area (Å²) in [6.45, 7) is 16.8. The van der Waals surface area contributed by atoms with E-state index in [1.807, 2.05) is 20.8 Å². The van der Waals surface area contributed by atoms with Crippen molar-refractivity contribution >= 4 is 17.7 Å². The lowest BCUT2D eigenvalue weighted by Crippen LogP contribution is -2.72. The van der Waals surface area contributed by atoms with Crippen molar-refractivity contribution in [1.29, 1.82) is 0 Å². The Morgan fingerprint density at radius 3 is 1.67 bits per heavy atom. The Bertz CT molecular complexity index is 2430. The van der Waals surface area contributed by atoms with E-state index in [4.69, 9.17) is 75.8 Å². The van der Waals surface area contributed by atoms with Crippen LogP contribution < -0.4 is 0 Å². The van der Waals surface area contributed by atoms with Crippen molar-refractivity contribution in [1.82, 2.24) is 0 Å². The van der Waals surface area contributed by atoms with Gasteiger partial charge < -0.3 is 106 Å². The summed E-state index contributed by atoms with van der Waals surface area (Å²) in [7, 11) is 6.12. The topological polar surface area (TPSA) is 320 Å². The molecule has 6 N–H and O–H groups in total. The molecule has 25 heteroatoms. The predicted octanol–water partition coefficient (Wildman–Crippen LogP) is 2.60. The van der Waals surface area contributed by atoms with Crippen LogP contribution >= 0.6 is 0 Å². The molecular formula is C62H98O25. The minimum Gasteiger partial charge on any atom is -0.458 e. The maximum absolute atomic E-state index is 13.7. The number of esters is 2. The first-order chi connectivity index (χ1) is 41.2. The van der Waals surface area contributed by atoms with Gasteiger partial charge in [-0.15, -0.1) is 0 Å². The highest BCUT2D eigenvalue weighted by Gasteiger charge is 2.75. The van der Waals surface area contributed by atoms with Crippen LogP contribution in [0.1, 0.15) is 127 Å². The first-order valence-corrected chi connectivity index (χ1v) is 31.1. The second kappa shape index (κ2) is 27.9. The highest BCUT2D eigenvalue weighted by atomic mass is 16.8. The molecule has 0 spiro atoms. The van der Waals surface area contributed by atoms with E-state index in [0.717, 1.165) is 5.57 Å². The van der Waals surface area contributed by atoms with Crippen LogP contribution in [0.25, 0.3) is 0 Å². The monoisotopic (exact) mass is 1240 g/mol. The standard InChI is InChI=1S/C62H98O25/c1-15-27(2)57(70)87-56-54(80-33(8)65)45-37(62(71)21-19-36(28(3)64)61(56,62)10)17-16-34-22-35(18-20-60(34,45)9)81-42-23-38(72-11)50(29(4)76-42)83-43-24-39(73-12)51(30(5)77-43)84-44-25-40(74-13)52(31(6)78-44)85-59-49(69)55(75-14)53(32(7)79-59)86-58-48(68)47(67)46(66)41(26-63)82-58/h15-16,29-32,35-56,58-59,63,66-69,71H,17-26H2,1-14H3/b27-15+/t29-,30-,31-,32-,35+,36-,37?,38+,39+,40+,41-,42+,43+,44+,45-,46-,47+,48-,49-,50-,51-,52-,53-,54+,55-,56-,58+,59+,60+,61+,62+/m1/s1. The number of hydrogen-bond donors (Lipinski definition) is 6. The third-order valence-electron chi connectivity index (χ3n) is 21.2. The zero-order valence-corrected chi connectivity index (χ0v) is 52.8. The van der Waals surface area contributed by atoms with E-state index in [0.29, 0.717) is 56.9 Å². The van der Waals surface area contributed by atoms with Gasteiger partial charge in [-0.05, 0) is 98.3 Å². The highest BCUT2D eigenvalue weighted by molar-refractivity contribution is 5.88. The van der Waals surface area contributed by atoms with E-state index >= 15 is 0 Å². The van der Waals surface area contributed by atoms with E-state index in [2.05, 4.69) is 13.0 Å². The molecular weight excluding hydrogens is 1140 g/mol. The number of carbonyl (C=O) groups excluding carboxylic acids is 3. The van der Waals surface area contributed by atoms with Gasteiger partial charge in [0.15, 0.2) is 31.5 Å². The number of aliphatic hydroxyl groups is 6. The molecule has 0 bridgehead atoms. The largest absolute Gasteiger partial charge is 0.458 e. The summed E-state index contributed by atoms with van der Waals surface area (Å²) in [5.41, 5.74) is -1.72. The third kappa shape index (κ3) is 13.1. The average Bonchev–Trinajstić information content (AvgIpc) is 1.65. The first-order valence-electron chi connectivity index (χ1n) is 31.1. The Morgan fingerprint density at radius 2 is 1.15 bits per heavy atom. The number of ketones is 1. The Morgan fingerprint density at radius 1 is 0.621 bits per heavy atom. The van der Waals surface area contributed by atoms with Gasteiger partial charge in [-0.3, -0.25) is 9.59 Å². The number of fused-ring (bicyclic) bond motifs is 5. The first kappa shape index (κ1) is 68.7. The number of methoxy groups -OCH3 is 4. The molecule has 5 aliphatic heterocycles. The summed E-state index contributed by atoms with van der Waals surface area (Å²) < 4.78 is 100. The third-order valence-corrected chi connectivity index (χ3v) is 21.2. The number of rotatable bonds is 19. The van der Waals surface area contributed by atoms with Crippen molar-refractivity contribution in [2.24, 2.45) is 28.6 Å². The van der Waals surface area contributed by atoms with Crippen molar-refractivity contribution in [3.8, 4) is 0 Å². The van der Waals surface area contributed by atoms with E-state index in [1.165, 1.54) is 28.1 Å². The molecule has 8 fully saturated rings. The fourth-order valence-corrected chi connectivity index (χ4v) is 16.4. The van der Waals surface area contributed by atoms with Crippen LogP contribution in [0, 0.1) is 28.6 Å². The number of hydrogen-bond acceptors (Lipinski definition) is 25. The van der Waals surface area contributed by atoms with E-state index in [9.17, 15) is 45.0 Å². The number of allylic oxidation sites excluding steroid dienone is 2. The molecule has 0 radical (unpaired) electrons. The van der Waals surface area contributed by atoms with E-state index in [-0.39, 0.29) is 24.2 Å². The van der Waals surface area contributed by atoms with Crippen molar-refractivity contribution in [2.75, 3.05) is 35.0 Å². The molecule has 496 valence electrons. The van der Waals surface area contributed by atoms with Crippen molar-refractivity contribution in [3.05, 3.63) is 23.3 Å². The number of aliphatic hydroxyl groups excluding tert-OH is 5. The van der Waals surface area contributed by atoms with E-state index in [1.54, 1.807) is 48.0 Å². The quantitative estimate of drug-likeness (QED) is 0.0615. The van der Waals surface area contributed by atoms with Crippen molar-refractivity contribution in [3.63, 3.8) is 0 Å².